The van der Waals surface area contributed by atoms with Crippen molar-refractivity contribution in [3.8, 4) is 28.5 Å². The van der Waals surface area contributed by atoms with E-state index in [4.69, 9.17) is 5.26 Å². The highest BCUT2D eigenvalue weighted by Gasteiger charge is 2.13. The third-order valence-electron chi connectivity index (χ3n) is 4.50. The van der Waals surface area contributed by atoms with Crippen molar-refractivity contribution in [3.63, 3.8) is 0 Å². The molecule has 0 aliphatic rings. The highest BCUT2D eigenvalue weighted by molar-refractivity contribution is 5.90. The second-order valence-electron chi connectivity index (χ2n) is 6.16. The molecule has 0 saturated heterocycles. The highest BCUT2D eigenvalue weighted by Crippen LogP contribution is 2.27. The number of rotatable bonds is 4. The molecule has 2 aromatic heterocycles. The van der Waals surface area contributed by atoms with Crippen molar-refractivity contribution in [3.05, 3.63) is 77.6 Å². The van der Waals surface area contributed by atoms with Crippen molar-refractivity contribution < 1.29 is 15.0 Å². The molecule has 2 heterocycles. The molecule has 0 unspecified atom stereocenters. The summed E-state index contributed by atoms with van der Waals surface area (Å²) in [5, 5.41) is 32.0. The zero-order valence-electron chi connectivity index (χ0n) is 14.6. The van der Waals surface area contributed by atoms with Crippen LogP contribution in [0.1, 0.15) is 21.5 Å². The summed E-state index contributed by atoms with van der Waals surface area (Å²) in [5.74, 6) is -1.09. The predicted octanol–water partition coefficient (Wildman–Crippen LogP) is 3.13. The quantitative estimate of drug-likeness (QED) is 0.571. The Balaban J connectivity index is 1.81. The van der Waals surface area contributed by atoms with Crippen LogP contribution in [0.2, 0.25) is 0 Å². The van der Waals surface area contributed by atoms with Gasteiger partial charge in [0.25, 0.3) is 0 Å². The lowest BCUT2D eigenvalue weighted by Crippen LogP contribution is -2.03. The number of hydrogen-bond donors (Lipinski definition) is 2. The molecule has 0 aliphatic carbocycles. The molecule has 0 fully saturated rings. The maximum absolute atomic E-state index is 11.3. The van der Waals surface area contributed by atoms with Crippen LogP contribution in [-0.2, 0) is 6.61 Å². The largest absolute Gasteiger partial charge is 0.478 e. The number of nitrogens with zero attached hydrogens (tertiary/aromatic N) is 4. The van der Waals surface area contributed by atoms with E-state index in [9.17, 15) is 15.0 Å². The number of aliphatic hydroxyl groups is 1. The number of carboxylic acids is 1. The van der Waals surface area contributed by atoms with Crippen LogP contribution in [0.25, 0.3) is 28.0 Å². The number of benzene rings is 2. The lowest BCUT2D eigenvalue weighted by molar-refractivity contribution is 0.0693. The summed E-state index contributed by atoms with van der Waals surface area (Å²) in [6.45, 7) is -0.374. The molecule has 2 aromatic carbocycles. The van der Waals surface area contributed by atoms with Gasteiger partial charge < -0.3 is 10.2 Å². The number of aliphatic hydroxyl groups excluding tert-OH is 1. The Bertz CT molecular complexity index is 1240. The molecule has 136 valence electrons. The average Bonchev–Trinajstić information content (AvgIpc) is 3.16. The van der Waals surface area contributed by atoms with Crippen LogP contribution in [0.5, 0.6) is 0 Å². The van der Waals surface area contributed by atoms with E-state index in [-0.39, 0.29) is 12.2 Å². The van der Waals surface area contributed by atoms with E-state index in [1.165, 1.54) is 6.07 Å². The molecule has 0 saturated carbocycles. The molecule has 4 rings (SSSR count). The summed E-state index contributed by atoms with van der Waals surface area (Å²) >= 11 is 0. The molecule has 0 atom stereocenters. The monoisotopic (exact) mass is 370 g/mol. The third-order valence-corrected chi connectivity index (χ3v) is 4.50. The van der Waals surface area contributed by atoms with E-state index in [1.54, 1.807) is 47.2 Å². The molecule has 7 heteroatoms. The van der Waals surface area contributed by atoms with Crippen LogP contribution < -0.4 is 0 Å². The van der Waals surface area contributed by atoms with Gasteiger partial charge in [0.05, 0.1) is 35.7 Å². The molecule has 7 nitrogen and oxygen atoms in total. The topological polar surface area (TPSA) is 112 Å². The number of carboxylic acid groups (broad SMARTS) is 1. The highest BCUT2D eigenvalue weighted by atomic mass is 16.4. The van der Waals surface area contributed by atoms with E-state index >= 15 is 0 Å². The van der Waals surface area contributed by atoms with Gasteiger partial charge in [-0.25, -0.2) is 14.3 Å². The second-order valence-corrected chi connectivity index (χ2v) is 6.16. The first kappa shape index (κ1) is 17.4. The van der Waals surface area contributed by atoms with Gasteiger partial charge in [-0.3, -0.25) is 0 Å². The Morgan fingerprint density at radius 1 is 1.11 bits per heavy atom. The third kappa shape index (κ3) is 2.98. The molecular weight excluding hydrogens is 356 g/mol. The molecule has 0 radical (unpaired) electrons. The molecular formula is C21H14N4O3. The van der Waals surface area contributed by atoms with Crippen molar-refractivity contribution >= 4 is 11.6 Å². The maximum atomic E-state index is 11.3. The van der Waals surface area contributed by atoms with Crippen LogP contribution in [0, 0.1) is 11.3 Å². The summed E-state index contributed by atoms with van der Waals surface area (Å²) < 4.78 is 1.65. The number of fused-ring (bicyclic) bond motifs is 1. The fourth-order valence-corrected chi connectivity index (χ4v) is 3.05. The fourth-order valence-electron chi connectivity index (χ4n) is 3.05. The van der Waals surface area contributed by atoms with Crippen molar-refractivity contribution in [2.24, 2.45) is 0 Å². The van der Waals surface area contributed by atoms with Gasteiger partial charge in [-0.05, 0) is 41.5 Å². The lowest BCUT2D eigenvalue weighted by atomic mass is 10.0. The molecule has 0 spiro atoms. The maximum Gasteiger partial charge on any atom is 0.336 e. The van der Waals surface area contributed by atoms with Gasteiger partial charge in [0.2, 0.25) is 0 Å². The smallest absolute Gasteiger partial charge is 0.336 e. The van der Waals surface area contributed by atoms with Gasteiger partial charge in [0.1, 0.15) is 0 Å². The van der Waals surface area contributed by atoms with Crippen LogP contribution in [0.3, 0.4) is 0 Å². The van der Waals surface area contributed by atoms with E-state index in [1.807, 2.05) is 12.1 Å². The molecule has 0 amide bonds. The normalized spacial score (nSPS) is 10.7. The van der Waals surface area contributed by atoms with Gasteiger partial charge >= 0.3 is 5.97 Å². The minimum Gasteiger partial charge on any atom is -0.478 e. The number of carbonyl (C=O) groups is 1. The van der Waals surface area contributed by atoms with Crippen LogP contribution >= 0.6 is 0 Å². The van der Waals surface area contributed by atoms with Crippen molar-refractivity contribution in [2.75, 3.05) is 0 Å². The van der Waals surface area contributed by atoms with Crippen LogP contribution in [0.4, 0.5) is 0 Å². The fraction of sp³-hybridized carbons (Fsp3) is 0.0476. The van der Waals surface area contributed by atoms with E-state index < -0.39 is 5.97 Å². The van der Waals surface area contributed by atoms with Crippen molar-refractivity contribution in [2.45, 2.75) is 6.61 Å². The zero-order valence-corrected chi connectivity index (χ0v) is 14.6. The Morgan fingerprint density at radius 2 is 1.86 bits per heavy atom. The van der Waals surface area contributed by atoms with Gasteiger partial charge in [0.15, 0.2) is 5.65 Å². The molecule has 4 aromatic rings. The Hall–Kier alpha value is -4.02. The molecule has 2 N–H and O–H groups in total. The zero-order chi connectivity index (χ0) is 19.7. The van der Waals surface area contributed by atoms with E-state index in [0.29, 0.717) is 28.0 Å². The predicted molar refractivity (Wildman–Crippen MR) is 101 cm³/mol. The number of nitriles is 1. The molecule has 0 aliphatic heterocycles. The van der Waals surface area contributed by atoms with Gasteiger partial charge in [-0.2, -0.15) is 10.4 Å². The van der Waals surface area contributed by atoms with Crippen molar-refractivity contribution in [1.82, 2.24) is 14.6 Å². The number of aromatic nitrogens is 3. The second kappa shape index (κ2) is 6.95. The Kier molecular flexibility index (Phi) is 4.32. The first-order valence-electron chi connectivity index (χ1n) is 8.43. The average molecular weight is 370 g/mol. The molecule has 28 heavy (non-hydrogen) atoms. The van der Waals surface area contributed by atoms with Gasteiger partial charge in [-0.15, -0.1) is 0 Å². The van der Waals surface area contributed by atoms with Gasteiger partial charge in [0, 0.05) is 17.3 Å². The Labute approximate surface area is 159 Å². The SMILES string of the molecule is N#Cc1ccc(-c2cnn3ccc(-c4ccc(C(=O)O)c(CO)c4)nc23)cc1. The minimum absolute atomic E-state index is 0.0648. The summed E-state index contributed by atoms with van der Waals surface area (Å²) in [6, 6.07) is 15.8. The first-order valence-corrected chi connectivity index (χ1v) is 8.43. The summed E-state index contributed by atoms with van der Waals surface area (Å²) in [6.07, 6.45) is 3.48. The summed E-state index contributed by atoms with van der Waals surface area (Å²) in [4.78, 5) is 15.9. The molecule has 0 bridgehead atoms. The van der Waals surface area contributed by atoms with E-state index in [0.717, 1.165) is 11.1 Å². The lowest BCUT2D eigenvalue weighted by Gasteiger charge is -2.08. The van der Waals surface area contributed by atoms with Crippen LogP contribution in [0.15, 0.2) is 60.9 Å². The summed E-state index contributed by atoms with van der Waals surface area (Å²) in [5.41, 5.74) is 4.63. The Morgan fingerprint density at radius 3 is 2.54 bits per heavy atom. The minimum atomic E-state index is -1.09. The summed E-state index contributed by atoms with van der Waals surface area (Å²) in [7, 11) is 0. The van der Waals surface area contributed by atoms with E-state index in [2.05, 4.69) is 16.2 Å². The standard InChI is InChI=1S/C21H14N4O3/c22-10-13-1-3-14(4-2-13)18-11-23-25-8-7-19(24-20(18)25)15-5-6-17(21(27)28)16(9-15)12-26/h1-9,11,26H,12H2,(H,27,28). The number of hydrogen-bond acceptors (Lipinski definition) is 5. The van der Waals surface area contributed by atoms with Crippen molar-refractivity contribution in [1.29, 1.82) is 5.26 Å². The van der Waals surface area contributed by atoms with Crippen LogP contribution in [-0.4, -0.2) is 30.8 Å². The first-order chi connectivity index (χ1) is 13.6. The number of aromatic carboxylic acids is 1. The van der Waals surface area contributed by atoms with Gasteiger partial charge in [-0.1, -0.05) is 18.2 Å².